The minimum absolute atomic E-state index is 0.0406. The smallest absolute Gasteiger partial charge is 0.238 e. The molecule has 3 nitrogen and oxygen atoms in total. The Morgan fingerprint density at radius 3 is 3.05 bits per heavy atom. The van der Waals surface area contributed by atoms with E-state index in [1.807, 2.05) is 12.3 Å². The van der Waals surface area contributed by atoms with Crippen molar-refractivity contribution in [3.8, 4) is 0 Å². The van der Waals surface area contributed by atoms with Crippen molar-refractivity contribution in [2.75, 3.05) is 5.88 Å². The molecule has 0 unspecified atom stereocenters. The summed E-state index contributed by atoms with van der Waals surface area (Å²) in [6, 6.07) is 4.77. The fourth-order valence-corrected chi connectivity index (χ4v) is 3.84. The summed E-state index contributed by atoms with van der Waals surface area (Å²) in [6.45, 7) is 2.43. The van der Waals surface area contributed by atoms with Gasteiger partial charge in [-0.3, -0.25) is 4.79 Å². The molecule has 0 spiro atoms. The van der Waals surface area contributed by atoms with E-state index in [9.17, 15) is 9.18 Å². The molecule has 1 aliphatic carbocycles. The first kappa shape index (κ1) is 15.4. The number of rotatable bonds is 4. The van der Waals surface area contributed by atoms with Crippen molar-refractivity contribution < 1.29 is 9.18 Å². The van der Waals surface area contributed by atoms with Crippen LogP contribution >= 0.6 is 23.1 Å². The number of hydrogen-bond acceptors (Lipinski definition) is 3. The highest BCUT2D eigenvalue weighted by Gasteiger charge is 2.31. The zero-order valence-corrected chi connectivity index (χ0v) is 13.8. The minimum atomic E-state index is -0.229. The maximum Gasteiger partial charge on any atom is 0.238 e. The second-order valence-electron chi connectivity index (χ2n) is 5.48. The summed E-state index contributed by atoms with van der Waals surface area (Å²) in [7, 11) is 0. The summed E-state index contributed by atoms with van der Waals surface area (Å²) in [6.07, 6.45) is 1.59. The van der Waals surface area contributed by atoms with E-state index in [0.29, 0.717) is 6.54 Å². The van der Waals surface area contributed by atoms with Crippen LogP contribution < -0.4 is 0 Å². The molecular weight excluding hydrogens is 323 g/mol. The van der Waals surface area contributed by atoms with Gasteiger partial charge in [0.25, 0.3) is 0 Å². The van der Waals surface area contributed by atoms with Crippen LogP contribution in [0.5, 0.6) is 0 Å². The zero-order valence-electron chi connectivity index (χ0n) is 12.2. The van der Waals surface area contributed by atoms with Gasteiger partial charge in [-0.25, -0.2) is 4.39 Å². The third-order valence-electron chi connectivity index (χ3n) is 4.15. The molecule has 0 saturated carbocycles. The van der Waals surface area contributed by atoms with Gasteiger partial charge in [-0.1, -0.05) is 6.07 Å². The Morgan fingerprint density at radius 2 is 2.36 bits per heavy atom. The van der Waals surface area contributed by atoms with Crippen LogP contribution in [0.3, 0.4) is 0 Å². The molecular formula is C16H16ClFN2OS. The van der Waals surface area contributed by atoms with Gasteiger partial charge < -0.3 is 4.90 Å². The molecule has 1 aromatic carbocycles. The maximum atomic E-state index is 13.4. The average molecular weight is 339 g/mol. The van der Waals surface area contributed by atoms with E-state index >= 15 is 0 Å². The standard InChI is InChI=1S/C16H16ClFN2OS/c1-10-12(9-22-19-10)8-20(16(21)7-17)15-5-2-11-6-13(18)3-4-14(11)15/h3-4,6,9,15H,2,5,7-8H2,1H3/t15-/m1/s1. The van der Waals surface area contributed by atoms with Gasteiger partial charge in [0.15, 0.2) is 0 Å². The van der Waals surface area contributed by atoms with Crippen molar-refractivity contribution in [2.45, 2.75) is 32.4 Å². The Balaban J connectivity index is 1.91. The molecule has 0 radical (unpaired) electrons. The van der Waals surface area contributed by atoms with Gasteiger partial charge >= 0.3 is 0 Å². The number of carbonyl (C=O) groups is 1. The second-order valence-corrected chi connectivity index (χ2v) is 6.37. The van der Waals surface area contributed by atoms with Gasteiger partial charge in [0.1, 0.15) is 11.7 Å². The molecule has 0 bridgehead atoms. The summed E-state index contributed by atoms with van der Waals surface area (Å²) in [5.41, 5.74) is 3.99. The third kappa shape index (κ3) is 2.88. The summed E-state index contributed by atoms with van der Waals surface area (Å²) in [5.74, 6) is -0.383. The first-order valence-electron chi connectivity index (χ1n) is 7.13. The number of hydrogen-bond donors (Lipinski definition) is 0. The number of aryl methyl sites for hydroxylation is 2. The topological polar surface area (TPSA) is 33.2 Å². The van der Waals surface area contributed by atoms with E-state index in [0.717, 1.165) is 35.2 Å². The van der Waals surface area contributed by atoms with Crippen molar-refractivity contribution in [1.82, 2.24) is 9.27 Å². The molecule has 0 aliphatic heterocycles. The monoisotopic (exact) mass is 338 g/mol. The molecule has 0 saturated heterocycles. The molecule has 22 heavy (non-hydrogen) atoms. The molecule has 1 amide bonds. The fraction of sp³-hybridized carbons (Fsp3) is 0.375. The maximum absolute atomic E-state index is 13.4. The summed E-state index contributed by atoms with van der Waals surface area (Å²) < 4.78 is 17.6. The van der Waals surface area contributed by atoms with Crippen LogP contribution in [0.1, 0.15) is 34.8 Å². The Hall–Kier alpha value is -1.46. The molecule has 1 aromatic heterocycles. The summed E-state index contributed by atoms with van der Waals surface area (Å²) in [4.78, 5) is 14.1. The van der Waals surface area contributed by atoms with Crippen molar-refractivity contribution in [3.63, 3.8) is 0 Å². The van der Waals surface area contributed by atoms with Gasteiger partial charge in [-0.2, -0.15) is 4.37 Å². The largest absolute Gasteiger partial charge is 0.330 e. The first-order chi connectivity index (χ1) is 10.6. The quantitative estimate of drug-likeness (QED) is 0.793. The Bertz CT molecular complexity index is 703. The molecule has 0 N–H and O–H groups in total. The van der Waals surface area contributed by atoms with Crippen LogP contribution in [0.4, 0.5) is 4.39 Å². The van der Waals surface area contributed by atoms with Crippen LogP contribution in [0.15, 0.2) is 23.6 Å². The van der Waals surface area contributed by atoms with E-state index in [1.54, 1.807) is 17.0 Å². The van der Waals surface area contributed by atoms with Gasteiger partial charge in [0.2, 0.25) is 5.91 Å². The molecule has 1 heterocycles. The van der Waals surface area contributed by atoms with Crippen molar-refractivity contribution >= 4 is 29.0 Å². The van der Waals surface area contributed by atoms with Crippen LogP contribution in [0.2, 0.25) is 0 Å². The van der Waals surface area contributed by atoms with E-state index in [2.05, 4.69) is 4.37 Å². The molecule has 3 rings (SSSR count). The predicted molar refractivity (Wildman–Crippen MR) is 85.6 cm³/mol. The number of amides is 1. The van der Waals surface area contributed by atoms with Gasteiger partial charge in [0, 0.05) is 17.5 Å². The van der Waals surface area contributed by atoms with Gasteiger partial charge in [-0.05, 0) is 54.6 Å². The van der Waals surface area contributed by atoms with Crippen molar-refractivity contribution in [2.24, 2.45) is 0 Å². The SMILES string of the molecule is Cc1nscc1CN(C(=O)CCl)[C@@H]1CCc2cc(F)ccc21. The second kappa shape index (κ2) is 6.34. The van der Waals surface area contributed by atoms with Crippen molar-refractivity contribution in [1.29, 1.82) is 0 Å². The highest BCUT2D eigenvalue weighted by atomic mass is 35.5. The molecule has 6 heteroatoms. The lowest BCUT2D eigenvalue weighted by Gasteiger charge is -2.29. The molecule has 1 atom stereocenters. The number of nitrogens with zero attached hydrogens (tertiary/aromatic N) is 2. The number of carbonyl (C=O) groups excluding carboxylic acids is 1. The molecule has 1 aliphatic rings. The lowest BCUT2D eigenvalue weighted by atomic mass is 10.1. The number of alkyl halides is 1. The van der Waals surface area contributed by atoms with E-state index in [4.69, 9.17) is 11.6 Å². The van der Waals surface area contributed by atoms with E-state index < -0.39 is 0 Å². The van der Waals surface area contributed by atoms with Crippen molar-refractivity contribution in [3.05, 3.63) is 51.8 Å². The lowest BCUT2D eigenvalue weighted by molar-refractivity contribution is -0.131. The fourth-order valence-electron chi connectivity index (χ4n) is 2.98. The number of fused-ring (bicyclic) bond motifs is 1. The Labute approximate surface area is 137 Å². The first-order valence-corrected chi connectivity index (χ1v) is 8.51. The van der Waals surface area contributed by atoms with Gasteiger partial charge in [0.05, 0.1) is 11.7 Å². The summed E-state index contributed by atoms with van der Waals surface area (Å²) >= 11 is 7.18. The summed E-state index contributed by atoms with van der Waals surface area (Å²) in [5, 5.41) is 1.96. The van der Waals surface area contributed by atoms with Crippen LogP contribution in [-0.4, -0.2) is 21.1 Å². The number of benzene rings is 1. The van der Waals surface area contributed by atoms with Crippen LogP contribution in [0.25, 0.3) is 0 Å². The van der Waals surface area contributed by atoms with Gasteiger partial charge in [-0.15, -0.1) is 11.6 Å². The van der Waals surface area contributed by atoms with Crippen LogP contribution in [0, 0.1) is 12.7 Å². The molecule has 116 valence electrons. The highest BCUT2D eigenvalue weighted by molar-refractivity contribution is 7.03. The minimum Gasteiger partial charge on any atom is -0.330 e. The van der Waals surface area contributed by atoms with Crippen LogP contribution in [-0.2, 0) is 17.8 Å². The number of halogens is 2. The molecule has 0 fully saturated rings. The zero-order chi connectivity index (χ0) is 15.7. The number of aromatic nitrogens is 1. The predicted octanol–water partition coefficient (Wildman–Crippen LogP) is 3.85. The average Bonchev–Trinajstić information content (AvgIpc) is 3.10. The highest BCUT2D eigenvalue weighted by Crippen LogP contribution is 2.37. The normalized spacial score (nSPS) is 16.6. The lowest BCUT2D eigenvalue weighted by Crippen LogP contribution is -2.34. The van der Waals surface area contributed by atoms with E-state index in [1.165, 1.54) is 17.6 Å². The van der Waals surface area contributed by atoms with E-state index in [-0.39, 0.29) is 23.6 Å². The Kier molecular flexibility index (Phi) is 4.45. The Morgan fingerprint density at radius 1 is 1.55 bits per heavy atom. The molecule has 2 aromatic rings. The third-order valence-corrected chi connectivity index (χ3v) is 5.15.